The largest absolute Gasteiger partial charge is 0.253 e. The fraction of sp³-hybridized carbons (Fsp3) is 0.0526. The molecule has 0 saturated heterocycles. The highest BCUT2D eigenvalue weighted by Crippen LogP contribution is 2.24. The topological polar surface area (TPSA) is 37.3 Å². The quantitative estimate of drug-likeness (QED) is 0.516. The lowest BCUT2D eigenvalue weighted by Crippen LogP contribution is -1.87. The van der Waals surface area contributed by atoms with Crippen LogP contribution in [0.25, 0.3) is 17.3 Å². The Bertz CT molecular complexity index is 802. The molecule has 1 aromatic heterocycles. The van der Waals surface area contributed by atoms with Crippen molar-refractivity contribution in [2.75, 3.05) is 5.43 Å². The Morgan fingerprint density at radius 2 is 1.83 bits per heavy atom. The van der Waals surface area contributed by atoms with E-state index in [0.717, 1.165) is 22.0 Å². The van der Waals surface area contributed by atoms with E-state index in [2.05, 4.69) is 46.7 Å². The van der Waals surface area contributed by atoms with Crippen LogP contribution < -0.4 is 5.43 Å². The third kappa shape index (κ3) is 4.37. The molecule has 0 atom stereocenters. The van der Waals surface area contributed by atoms with Crippen LogP contribution in [0.5, 0.6) is 0 Å². The maximum atomic E-state index is 4.54. The standard InChI is InChI=1S/C19H17N3S/c1-15-9-11-17(12-10-15)18-14-23-19(21-18)22-20-13-5-8-16-6-3-2-4-7-16/h2-14H,1H3,(H,21,22). The van der Waals surface area contributed by atoms with Crippen LogP contribution in [0.4, 0.5) is 5.13 Å². The zero-order valence-electron chi connectivity index (χ0n) is 12.8. The fourth-order valence-corrected chi connectivity index (χ4v) is 2.70. The van der Waals surface area contributed by atoms with Crippen molar-refractivity contribution in [2.24, 2.45) is 5.10 Å². The van der Waals surface area contributed by atoms with Gasteiger partial charge in [0.25, 0.3) is 0 Å². The molecule has 3 aromatic rings. The first-order chi connectivity index (χ1) is 11.3. The summed E-state index contributed by atoms with van der Waals surface area (Å²) in [5, 5.41) is 6.98. The van der Waals surface area contributed by atoms with Crippen molar-refractivity contribution >= 4 is 28.8 Å². The van der Waals surface area contributed by atoms with Crippen LogP contribution in [-0.2, 0) is 0 Å². The Kier molecular flexibility index (Phi) is 4.96. The molecular weight excluding hydrogens is 302 g/mol. The summed E-state index contributed by atoms with van der Waals surface area (Å²) in [4.78, 5) is 4.54. The molecule has 0 fully saturated rings. The van der Waals surface area contributed by atoms with E-state index in [1.807, 2.05) is 47.9 Å². The summed E-state index contributed by atoms with van der Waals surface area (Å²) < 4.78 is 0. The fourth-order valence-electron chi connectivity index (χ4n) is 2.04. The first-order valence-electron chi connectivity index (χ1n) is 7.34. The second-order valence-electron chi connectivity index (χ2n) is 5.06. The van der Waals surface area contributed by atoms with Crippen LogP contribution in [0.1, 0.15) is 11.1 Å². The molecule has 0 aliphatic carbocycles. The van der Waals surface area contributed by atoms with Gasteiger partial charge in [0.1, 0.15) is 0 Å². The highest BCUT2D eigenvalue weighted by Gasteiger charge is 2.03. The minimum absolute atomic E-state index is 0.782. The first kappa shape index (κ1) is 15.2. The number of allylic oxidation sites excluding steroid dienone is 1. The van der Waals surface area contributed by atoms with Gasteiger partial charge in [-0.2, -0.15) is 5.10 Å². The van der Waals surface area contributed by atoms with Crippen molar-refractivity contribution in [1.29, 1.82) is 0 Å². The Morgan fingerprint density at radius 1 is 1.04 bits per heavy atom. The van der Waals surface area contributed by atoms with E-state index in [4.69, 9.17) is 0 Å². The number of anilines is 1. The van der Waals surface area contributed by atoms with Gasteiger partial charge in [0, 0.05) is 17.2 Å². The van der Waals surface area contributed by atoms with Gasteiger partial charge in [0.15, 0.2) is 0 Å². The lowest BCUT2D eigenvalue weighted by molar-refractivity contribution is 1.29. The molecule has 1 heterocycles. The van der Waals surface area contributed by atoms with Crippen LogP contribution in [0.2, 0.25) is 0 Å². The van der Waals surface area contributed by atoms with E-state index >= 15 is 0 Å². The summed E-state index contributed by atoms with van der Waals surface area (Å²) in [6.07, 6.45) is 5.63. The maximum Gasteiger partial charge on any atom is 0.203 e. The number of aryl methyl sites for hydroxylation is 1. The van der Waals surface area contributed by atoms with E-state index < -0.39 is 0 Å². The van der Waals surface area contributed by atoms with E-state index in [1.165, 1.54) is 5.56 Å². The van der Waals surface area contributed by atoms with Crippen molar-refractivity contribution < 1.29 is 0 Å². The van der Waals surface area contributed by atoms with Gasteiger partial charge in [0.2, 0.25) is 5.13 Å². The summed E-state index contributed by atoms with van der Waals surface area (Å²) in [5.74, 6) is 0. The molecule has 3 rings (SSSR count). The molecule has 0 bridgehead atoms. The predicted octanol–water partition coefficient (Wildman–Crippen LogP) is 5.23. The molecule has 3 nitrogen and oxygen atoms in total. The molecule has 0 radical (unpaired) electrons. The predicted molar refractivity (Wildman–Crippen MR) is 99.9 cm³/mol. The van der Waals surface area contributed by atoms with Crippen molar-refractivity contribution in [2.45, 2.75) is 6.92 Å². The second kappa shape index (κ2) is 7.51. The molecule has 0 saturated carbocycles. The minimum atomic E-state index is 0.782. The third-order valence-electron chi connectivity index (χ3n) is 3.26. The summed E-state index contributed by atoms with van der Waals surface area (Å²) in [6, 6.07) is 18.5. The first-order valence-corrected chi connectivity index (χ1v) is 8.22. The number of hydrazone groups is 1. The van der Waals surface area contributed by atoms with E-state index in [1.54, 1.807) is 17.6 Å². The van der Waals surface area contributed by atoms with Gasteiger partial charge in [-0.1, -0.05) is 66.2 Å². The minimum Gasteiger partial charge on any atom is -0.253 e. The number of aromatic nitrogens is 1. The molecule has 0 amide bonds. The molecule has 23 heavy (non-hydrogen) atoms. The summed E-state index contributed by atoms with van der Waals surface area (Å²) >= 11 is 1.54. The lowest BCUT2D eigenvalue weighted by Gasteiger charge is -1.97. The van der Waals surface area contributed by atoms with E-state index in [-0.39, 0.29) is 0 Å². The van der Waals surface area contributed by atoms with Gasteiger partial charge in [-0.25, -0.2) is 4.98 Å². The zero-order chi connectivity index (χ0) is 15.9. The Labute approximate surface area is 140 Å². The molecule has 114 valence electrons. The average Bonchev–Trinajstić information content (AvgIpc) is 3.05. The molecule has 4 heteroatoms. The Morgan fingerprint density at radius 3 is 2.61 bits per heavy atom. The second-order valence-corrected chi connectivity index (χ2v) is 5.92. The van der Waals surface area contributed by atoms with Crippen LogP contribution >= 0.6 is 11.3 Å². The molecule has 0 unspecified atom stereocenters. The summed E-state index contributed by atoms with van der Waals surface area (Å²) in [6.45, 7) is 2.08. The SMILES string of the molecule is Cc1ccc(-c2csc(NN=CC=Cc3ccccc3)n2)cc1. The summed E-state index contributed by atoms with van der Waals surface area (Å²) in [5.41, 5.74) is 7.44. The molecule has 0 spiro atoms. The zero-order valence-corrected chi connectivity index (χ0v) is 13.6. The van der Waals surface area contributed by atoms with Crippen LogP contribution in [0.3, 0.4) is 0 Å². The Hall–Kier alpha value is -2.72. The van der Waals surface area contributed by atoms with Gasteiger partial charge in [0.05, 0.1) is 5.69 Å². The number of thiazole rings is 1. The number of rotatable bonds is 5. The van der Waals surface area contributed by atoms with Gasteiger partial charge in [-0.15, -0.1) is 11.3 Å². The van der Waals surface area contributed by atoms with E-state index in [9.17, 15) is 0 Å². The van der Waals surface area contributed by atoms with E-state index in [0.29, 0.717) is 0 Å². The number of benzene rings is 2. The van der Waals surface area contributed by atoms with Gasteiger partial charge < -0.3 is 0 Å². The smallest absolute Gasteiger partial charge is 0.203 e. The average molecular weight is 319 g/mol. The number of nitrogens with zero attached hydrogens (tertiary/aromatic N) is 2. The van der Waals surface area contributed by atoms with Gasteiger partial charge in [-0.05, 0) is 18.6 Å². The lowest BCUT2D eigenvalue weighted by atomic mass is 10.1. The third-order valence-corrected chi connectivity index (χ3v) is 4.01. The van der Waals surface area contributed by atoms with Crippen molar-refractivity contribution in [3.05, 3.63) is 77.2 Å². The molecule has 1 N–H and O–H groups in total. The van der Waals surface area contributed by atoms with Gasteiger partial charge >= 0.3 is 0 Å². The van der Waals surface area contributed by atoms with Crippen LogP contribution in [0.15, 0.2) is 71.2 Å². The summed E-state index contributed by atoms with van der Waals surface area (Å²) in [7, 11) is 0. The van der Waals surface area contributed by atoms with Crippen LogP contribution in [-0.4, -0.2) is 11.2 Å². The highest BCUT2D eigenvalue weighted by atomic mass is 32.1. The number of hydrogen-bond acceptors (Lipinski definition) is 4. The van der Waals surface area contributed by atoms with Crippen molar-refractivity contribution in [1.82, 2.24) is 4.98 Å². The normalized spacial score (nSPS) is 11.3. The monoisotopic (exact) mass is 319 g/mol. The highest BCUT2D eigenvalue weighted by molar-refractivity contribution is 7.14. The van der Waals surface area contributed by atoms with Crippen molar-refractivity contribution in [3.63, 3.8) is 0 Å². The molecule has 2 aromatic carbocycles. The van der Waals surface area contributed by atoms with Gasteiger partial charge in [-0.3, -0.25) is 5.43 Å². The molecule has 0 aliphatic heterocycles. The maximum absolute atomic E-state index is 4.54. The number of nitrogens with one attached hydrogen (secondary N) is 1. The van der Waals surface area contributed by atoms with Crippen molar-refractivity contribution in [3.8, 4) is 11.3 Å². The molecular formula is C19H17N3S. The van der Waals surface area contributed by atoms with Crippen LogP contribution in [0, 0.1) is 6.92 Å². The molecule has 0 aliphatic rings. The number of hydrogen-bond donors (Lipinski definition) is 1. The Balaban J connectivity index is 1.58.